The summed E-state index contributed by atoms with van der Waals surface area (Å²) in [4.78, 5) is 18.4. The highest BCUT2D eigenvalue weighted by atomic mass is 79.9. The summed E-state index contributed by atoms with van der Waals surface area (Å²) in [5.41, 5.74) is 1.80. The average molecular weight is 334 g/mol. The maximum absolute atomic E-state index is 12.4. The first-order chi connectivity index (χ1) is 9.65. The van der Waals surface area contributed by atoms with E-state index in [-0.39, 0.29) is 5.91 Å². The number of rotatable bonds is 3. The predicted octanol–water partition coefficient (Wildman–Crippen LogP) is 2.73. The molecule has 20 heavy (non-hydrogen) atoms. The summed E-state index contributed by atoms with van der Waals surface area (Å²) in [6.07, 6.45) is 5.57. The second kappa shape index (κ2) is 5.40. The zero-order chi connectivity index (χ0) is 14.1. The highest BCUT2D eigenvalue weighted by molar-refractivity contribution is 9.10. The van der Waals surface area contributed by atoms with Crippen LogP contribution in [-0.2, 0) is 6.54 Å². The predicted molar refractivity (Wildman–Crippen MR) is 80.5 cm³/mol. The molecule has 1 aliphatic heterocycles. The molecule has 4 nitrogen and oxygen atoms in total. The van der Waals surface area contributed by atoms with Crippen LogP contribution in [0.3, 0.4) is 0 Å². The van der Waals surface area contributed by atoms with Gasteiger partial charge in [-0.3, -0.25) is 4.79 Å². The van der Waals surface area contributed by atoms with Crippen LogP contribution in [0, 0.1) is 12.8 Å². The molecule has 0 unspecified atom stereocenters. The lowest BCUT2D eigenvalue weighted by molar-refractivity contribution is 0.0468. The van der Waals surface area contributed by atoms with Gasteiger partial charge < -0.3 is 9.47 Å². The van der Waals surface area contributed by atoms with Crippen LogP contribution in [0.5, 0.6) is 0 Å². The zero-order valence-corrected chi connectivity index (χ0v) is 12.9. The topological polar surface area (TPSA) is 38.1 Å². The number of nitrogens with zero attached hydrogens (tertiary/aromatic N) is 3. The molecule has 0 atom stereocenters. The molecule has 0 bridgehead atoms. The maximum Gasteiger partial charge on any atom is 0.254 e. The van der Waals surface area contributed by atoms with Gasteiger partial charge in [0.1, 0.15) is 0 Å². The maximum atomic E-state index is 12.4. The van der Waals surface area contributed by atoms with E-state index in [9.17, 15) is 4.79 Å². The summed E-state index contributed by atoms with van der Waals surface area (Å²) >= 11 is 3.47. The number of hydrogen-bond acceptors (Lipinski definition) is 2. The third-order valence-corrected chi connectivity index (χ3v) is 4.63. The summed E-state index contributed by atoms with van der Waals surface area (Å²) in [6, 6.07) is 5.77. The van der Waals surface area contributed by atoms with Crippen molar-refractivity contribution in [2.75, 3.05) is 13.1 Å². The van der Waals surface area contributed by atoms with E-state index in [0.29, 0.717) is 5.92 Å². The van der Waals surface area contributed by atoms with Gasteiger partial charge in [0.25, 0.3) is 5.91 Å². The molecule has 1 saturated heterocycles. The van der Waals surface area contributed by atoms with Gasteiger partial charge in [0.05, 0.1) is 6.33 Å². The van der Waals surface area contributed by atoms with Gasteiger partial charge in [-0.25, -0.2) is 4.98 Å². The van der Waals surface area contributed by atoms with Crippen LogP contribution in [0.1, 0.15) is 15.9 Å². The second-order valence-corrected chi connectivity index (χ2v) is 6.10. The van der Waals surface area contributed by atoms with Crippen molar-refractivity contribution in [3.05, 3.63) is 52.5 Å². The van der Waals surface area contributed by atoms with Gasteiger partial charge in [0, 0.05) is 48.0 Å². The van der Waals surface area contributed by atoms with Crippen molar-refractivity contribution in [1.29, 1.82) is 0 Å². The van der Waals surface area contributed by atoms with E-state index in [0.717, 1.165) is 35.2 Å². The Morgan fingerprint density at radius 3 is 2.95 bits per heavy atom. The zero-order valence-electron chi connectivity index (χ0n) is 11.3. The molecular weight excluding hydrogens is 318 g/mol. The Hall–Kier alpha value is -1.62. The quantitative estimate of drug-likeness (QED) is 0.866. The lowest BCUT2D eigenvalue weighted by Gasteiger charge is -2.39. The summed E-state index contributed by atoms with van der Waals surface area (Å²) in [5, 5.41) is 0. The third kappa shape index (κ3) is 2.50. The van der Waals surface area contributed by atoms with E-state index in [1.807, 2.05) is 42.5 Å². The summed E-state index contributed by atoms with van der Waals surface area (Å²) in [7, 11) is 0. The van der Waals surface area contributed by atoms with Crippen LogP contribution >= 0.6 is 15.9 Å². The monoisotopic (exact) mass is 333 g/mol. The van der Waals surface area contributed by atoms with E-state index in [1.54, 1.807) is 6.20 Å². The van der Waals surface area contributed by atoms with E-state index in [1.165, 1.54) is 0 Å². The summed E-state index contributed by atoms with van der Waals surface area (Å²) in [6.45, 7) is 4.55. The number of amides is 1. The number of likely N-dealkylation sites (tertiary alicyclic amines) is 1. The van der Waals surface area contributed by atoms with Crippen molar-refractivity contribution in [3.8, 4) is 0 Å². The molecular formula is C15H16BrN3O. The van der Waals surface area contributed by atoms with E-state index < -0.39 is 0 Å². The van der Waals surface area contributed by atoms with Crippen molar-refractivity contribution in [1.82, 2.24) is 14.5 Å². The SMILES string of the molecule is Cc1c(Br)cccc1C(=O)N1CC(Cn2ccnc2)C1. The normalized spacial score (nSPS) is 15.2. The van der Waals surface area contributed by atoms with Crippen molar-refractivity contribution in [3.63, 3.8) is 0 Å². The lowest BCUT2D eigenvalue weighted by Crippen LogP contribution is -2.51. The van der Waals surface area contributed by atoms with Crippen LogP contribution < -0.4 is 0 Å². The molecule has 5 heteroatoms. The van der Waals surface area contributed by atoms with Gasteiger partial charge in [-0.15, -0.1) is 0 Å². The van der Waals surface area contributed by atoms with Gasteiger partial charge in [-0.05, 0) is 24.6 Å². The molecule has 1 aliphatic rings. The van der Waals surface area contributed by atoms with Crippen molar-refractivity contribution < 1.29 is 4.79 Å². The largest absolute Gasteiger partial charge is 0.338 e. The number of aromatic nitrogens is 2. The molecule has 0 saturated carbocycles. The minimum Gasteiger partial charge on any atom is -0.338 e. The first-order valence-corrected chi connectivity index (χ1v) is 7.44. The molecule has 0 aliphatic carbocycles. The Morgan fingerprint density at radius 1 is 1.45 bits per heavy atom. The fraction of sp³-hybridized carbons (Fsp3) is 0.333. The molecule has 2 heterocycles. The number of halogens is 1. The third-order valence-electron chi connectivity index (χ3n) is 3.77. The molecule has 1 amide bonds. The standard InChI is InChI=1S/C15H16BrN3O/c1-11-13(3-2-4-14(11)16)15(20)19-8-12(9-19)7-18-6-5-17-10-18/h2-6,10,12H,7-9H2,1H3. The molecule has 3 rings (SSSR count). The highest BCUT2D eigenvalue weighted by Crippen LogP contribution is 2.25. The van der Waals surface area contributed by atoms with Crippen LogP contribution in [0.2, 0.25) is 0 Å². The van der Waals surface area contributed by atoms with Gasteiger partial charge in [0.15, 0.2) is 0 Å². The Balaban J connectivity index is 1.62. The molecule has 104 valence electrons. The fourth-order valence-electron chi connectivity index (χ4n) is 2.55. The molecule has 2 aromatic rings. The first kappa shape index (κ1) is 13.4. The van der Waals surface area contributed by atoms with E-state index in [2.05, 4.69) is 25.5 Å². The second-order valence-electron chi connectivity index (χ2n) is 5.25. The number of carbonyl (C=O) groups excluding carboxylic acids is 1. The van der Waals surface area contributed by atoms with Crippen LogP contribution in [0.25, 0.3) is 0 Å². The molecule has 1 aromatic carbocycles. The van der Waals surface area contributed by atoms with Crippen LogP contribution in [0.15, 0.2) is 41.4 Å². The summed E-state index contributed by atoms with van der Waals surface area (Å²) < 4.78 is 3.05. The van der Waals surface area contributed by atoms with Gasteiger partial charge in [-0.1, -0.05) is 22.0 Å². The van der Waals surface area contributed by atoms with E-state index >= 15 is 0 Å². The number of carbonyl (C=O) groups is 1. The fourth-order valence-corrected chi connectivity index (χ4v) is 2.92. The number of benzene rings is 1. The van der Waals surface area contributed by atoms with Crippen LogP contribution in [-0.4, -0.2) is 33.4 Å². The Kier molecular flexibility index (Phi) is 3.61. The van der Waals surface area contributed by atoms with E-state index in [4.69, 9.17) is 0 Å². The molecule has 1 aromatic heterocycles. The van der Waals surface area contributed by atoms with Crippen molar-refractivity contribution in [2.24, 2.45) is 5.92 Å². The Labute approximate surface area is 126 Å². The molecule has 0 spiro atoms. The van der Waals surface area contributed by atoms with Gasteiger partial charge in [0.2, 0.25) is 0 Å². The lowest BCUT2D eigenvalue weighted by atomic mass is 9.97. The van der Waals surface area contributed by atoms with Crippen molar-refractivity contribution in [2.45, 2.75) is 13.5 Å². The molecule has 0 radical (unpaired) electrons. The Morgan fingerprint density at radius 2 is 2.25 bits per heavy atom. The van der Waals surface area contributed by atoms with Gasteiger partial charge >= 0.3 is 0 Å². The number of hydrogen-bond donors (Lipinski definition) is 0. The highest BCUT2D eigenvalue weighted by Gasteiger charge is 2.31. The first-order valence-electron chi connectivity index (χ1n) is 6.65. The average Bonchev–Trinajstić information content (AvgIpc) is 2.89. The summed E-state index contributed by atoms with van der Waals surface area (Å²) in [5.74, 6) is 0.659. The van der Waals surface area contributed by atoms with Gasteiger partial charge in [-0.2, -0.15) is 0 Å². The molecule has 0 N–H and O–H groups in total. The Bertz CT molecular complexity index is 618. The van der Waals surface area contributed by atoms with Crippen LogP contribution in [0.4, 0.5) is 0 Å². The number of imidazole rings is 1. The molecule has 1 fully saturated rings. The smallest absolute Gasteiger partial charge is 0.254 e. The minimum atomic E-state index is 0.130. The van der Waals surface area contributed by atoms with Crippen molar-refractivity contribution >= 4 is 21.8 Å². The minimum absolute atomic E-state index is 0.130.